The molecule has 0 aromatic heterocycles. The molecule has 50 valence electrons. The number of hydrogen-bond acceptors (Lipinski definition) is 0. The number of hydrogen-bond donors (Lipinski definition) is 0. The van der Waals surface area contributed by atoms with E-state index in [1.54, 1.807) is 0 Å². The van der Waals surface area contributed by atoms with Gasteiger partial charge in [0.05, 0.1) is 7.74 Å². The summed E-state index contributed by atoms with van der Waals surface area (Å²) >= 11 is 0. The molecule has 0 nitrogen and oxygen atoms in total. The third-order valence-electron chi connectivity index (χ3n) is 0.722. The molecule has 8 heavy (non-hydrogen) atoms. The van der Waals surface area contributed by atoms with Gasteiger partial charge in [-0.05, 0) is 5.66 Å². The Morgan fingerprint density at radius 1 is 1.12 bits per heavy atom. The van der Waals surface area contributed by atoms with Gasteiger partial charge in [0.15, 0.2) is 0 Å². The molecule has 0 saturated heterocycles. The molecule has 2 heteroatoms. The molecule has 0 heterocycles. The summed E-state index contributed by atoms with van der Waals surface area (Å²) in [6.45, 7) is 11.9. The zero-order valence-corrected chi connectivity index (χ0v) is 8.58. The third-order valence-corrected chi connectivity index (χ3v) is 6.50. The molecule has 0 spiro atoms. The van der Waals surface area contributed by atoms with E-state index in [1.807, 2.05) is 0 Å². The Morgan fingerprint density at radius 3 is 1.50 bits per heavy atom. The molecular weight excluding hydrogens is 131 g/mol. The van der Waals surface area contributed by atoms with Crippen molar-refractivity contribution in [3.63, 3.8) is 0 Å². The zero-order chi connectivity index (χ0) is 6.78. The fraction of sp³-hybridized carbons (Fsp3) is 1.00. The van der Waals surface area contributed by atoms with Gasteiger partial charge in [-0.3, -0.25) is 0 Å². The molecule has 1 atom stereocenters. The van der Waals surface area contributed by atoms with Crippen LogP contribution in [0.3, 0.4) is 0 Å². The van der Waals surface area contributed by atoms with Crippen LogP contribution in [0.1, 0.15) is 13.8 Å². The van der Waals surface area contributed by atoms with Crippen molar-refractivity contribution in [1.29, 1.82) is 0 Å². The molecular formula is C6H17PSi. The van der Waals surface area contributed by atoms with Crippen LogP contribution in [0.15, 0.2) is 0 Å². The highest BCUT2D eigenvalue weighted by atomic mass is 31.3. The fourth-order valence-electron chi connectivity index (χ4n) is 0.866. The fourth-order valence-corrected chi connectivity index (χ4v) is 7.79. The van der Waals surface area contributed by atoms with Crippen LogP contribution in [0.4, 0.5) is 0 Å². The van der Waals surface area contributed by atoms with Crippen molar-refractivity contribution in [2.75, 3.05) is 0 Å². The maximum absolute atomic E-state index is 2.44. The highest BCUT2D eigenvalue weighted by Gasteiger charge is 2.13. The monoisotopic (exact) mass is 148 g/mol. The molecule has 0 saturated carbocycles. The lowest BCUT2D eigenvalue weighted by atomic mass is 10.6. The van der Waals surface area contributed by atoms with Gasteiger partial charge in [0, 0.05) is 0 Å². The Bertz CT molecular complexity index is 63.4. The topological polar surface area (TPSA) is 0 Å². The first-order valence-electron chi connectivity index (χ1n) is 3.19. The van der Waals surface area contributed by atoms with Crippen LogP contribution >= 0.6 is 8.13 Å². The van der Waals surface area contributed by atoms with E-state index in [0.29, 0.717) is 0 Å². The molecule has 0 radical (unpaired) electrons. The van der Waals surface area contributed by atoms with Gasteiger partial charge in [0.2, 0.25) is 0 Å². The van der Waals surface area contributed by atoms with Gasteiger partial charge in [-0.15, -0.1) is 8.13 Å². The molecule has 0 rings (SSSR count). The summed E-state index contributed by atoms with van der Waals surface area (Å²) < 4.78 is 0. The lowest BCUT2D eigenvalue weighted by Crippen LogP contribution is -2.14. The summed E-state index contributed by atoms with van der Waals surface area (Å²) in [7, 11) is 0.544. The minimum absolute atomic E-state index is 0.693. The van der Waals surface area contributed by atoms with Gasteiger partial charge >= 0.3 is 0 Å². The van der Waals surface area contributed by atoms with Crippen molar-refractivity contribution in [3.8, 4) is 0 Å². The van der Waals surface area contributed by atoms with Crippen LogP contribution in [-0.2, 0) is 0 Å². The average Bonchev–Trinajstić information content (AvgIpc) is 1.21. The van der Waals surface area contributed by atoms with Crippen LogP contribution in [0, 0.1) is 0 Å². The van der Waals surface area contributed by atoms with E-state index in [-0.39, 0.29) is 0 Å². The molecule has 0 bridgehead atoms. The summed E-state index contributed by atoms with van der Waals surface area (Å²) in [6, 6.07) is 0. The third kappa shape index (κ3) is 6.65. The van der Waals surface area contributed by atoms with E-state index in [0.717, 1.165) is 5.66 Å². The maximum Gasteiger partial charge on any atom is 0.0688 e. The first-order chi connectivity index (χ1) is 3.42. The van der Waals surface area contributed by atoms with Gasteiger partial charge in [-0.2, -0.15) is 0 Å². The molecule has 0 fully saturated rings. The van der Waals surface area contributed by atoms with E-state index >= 15 is 0 Å². The predicted octanol–water partition coefficient (Wildman–Crippen LogP) is 2.91. The Hall–Kier alpha value is 0.647. The SMILES string of the molecule is CC(C)P[Si](C)(C)C. The summed E-state index contributed by atoms with van der Waals surface area (Å²) in [5, 5.41) is 0. The van der Waals surface area contributed by atoms with Gasteiger partial charge in [0.25, 0.3) is 0 Å². The molecule has 0 aromatic carbocycles. The van der Waals surface area contributed by atoms with Crippen LogP contribution < -0.4 is 0 Å². The van der Waals surface area contributed by atoms with Crippen LogP contribution in [0.25, 0.3) is 0 Å². The van der Waals surface area contributed by atoms with Crippen molar-refractivity contribution in [1.82, 2.24) is 0 Å². The molecule has 0 N–H and O–H groups in total. The van der Waals surface area contributed by atoms with Crippen molar-refractivity contribution in [3.05, 3.63) is 0 Å². The summed E-state index contributed by atoms with van der Waals surface area (Å²) in [6.07, 6.45) is 0. The summed E-state index contributed by atoms with van der Waals surface area (Å²) in [5.74, 6) is 0. The van der Waals surface area contributed by atoms with Crippen LogP contribution in [0.5, 0.6) is 0 Å². The van der Waals surface area contributed by atoms with E-state index < -0.39 is 7.74 Å². The summed E-state index contributed by atoms with van der Waals surface area (Å²) in [4.78, 5) is 0. The molecule has 0 amide bonds. The zero-order valence-electron chi connectivity index (χ0n) is 6.58. The highest BCUT2D eigenvalue weighted by molar-refractivity contribution is 7.81. The predicted molar refractivity (Wildman–Crippen MR) is 46.8 cm³/mol. The Balaban J connectivity index is 3.39. The van der Waals surface area contributed by atoms with Crippen molar-refractivity contribution < 1.29 is 0 Å². The molecule has 0 aromatic rings. The van der Waals surface area contributed by atoms with Gasteiger partial charge in [-0.25, -0.2) is 0 Å². The van der Waals surface area contributed by atoms with E-state index in [9.17, 15) is 0 Å². The molecule has 0 aliphatic rings. The van der Waals surface area contributed by atoms with Crippen molar-refractivity contribution in [2.24, 2.45) is 0 Å². The second kappa shape index (κ2) is 2.98. The smallest absolute Gasteiger partial charge is 0.0688 e. The largest absolute Gasteiger partial charge is 0.131 e. The second-order valence-corrected chi connectivity index (χ2v) is 14.9. The highest BCUT2D eigenvalue weighted by Crippen LogP contribution is 2.30. The normalized spacial score (nSPS) is 14.2. The van der Waals surface area contributed by atoms with Crippen molar-refractivity contribution in [2.45, 2.75) is 39.1 Å². The van der Waals surface area contributed by atoms with E-state index in [4.69, 9.17) is 0 Å². The Morgan fingerprint density at radius 2 is 1.50 bits per heavy atom. The van der Waals surface area contributed by atoms with Gasteiger partial charge in [0.1, 0.15) is 0 Å². The van der Waals surface area contributed by atoms with Gasteiger partial charge in [-0.1, -0.05) is 33.5 Å². The Labute approximate surface area is 55.7 Å². The van der Waals surface area contributed by atoms with E-state index in [1.165, 1.54) is 8.13 Å². The van der Waals surface area contributed by atoms with Gasteiger partial charge < -0.3 is 0 Å². The molecule has 1 unspecified atom stereocenters. The number of rotatable bonds is 2. The molecule has 0 aliphatic carbocycles. The summed E-state index contributed by atoms with van der Waals surface area (Å²) in [5.41, 5.74) is 0.932. The average molecular weight is 148 g/mol. The van der Waals surface area contributed by atoms with Crippen molar-refractivity contribution >= 4 is 15.9 Å². The maximum atomic E-state index is 2.44. The quantitative estimate of drug-likeness (QED) is 0.417. The first-order valence-corrected chi connectivity index (χ1v) is 8.77. The minimum Gasteiger partial charge on any atom is -0.131 e. The lowest BCUT2D eigenvalue weighted by molar-refractivity contribution is 1.11. The van der Waals surface area contributed by atoms with E-state index in [2.05, 4.69) is 33.5 Å². The second-order valence-electron chi connectivity index (χ2n) is 3.55. The molecule has 0 aliphatic heterocycles. The Kier molecular flexibility index (Phi) is 3.22. The standard InChI is InChI=1S/C6H17PSi/c1-6(2)7-8(3,4)5/h6-7H,1-5H3. The minimum atomic E-state index is -0.693. The first kappa shape index (κ1) is 8.65. The van der Waals surface area contributed by atoms with Crippen LogP contribution in [0.2, 0.25) is 19.6 Å². The van der Waals surface area contributed by atoms with Crippen LogP contribution in [-0.4, -0.2) is 13.4 Å². The lowest BCUT2D eigenvalue weighted by Gasteiger charge is -2.18.